The van der Waals surface area contributed by atoms with E-state index < -0.39 is 0 Å². The van der Waals surface area contributed by atoms with Crippen LogP contribution in [0.1, 0.15) is 11.1 Å². The average Bonchev–Trinajstić information content (AvgIpc) is 2.47. The largest absolute Gasteiger partial charge is 0.468 e. The summed E-state index contributed by atoms with van der Waals surface area (Å²) < 4.78 is 10.4. The predicted octanol–water partition coefficient (Wildman–Crippen LogP) is 5.01. The van der Waals surface area contributed by atoms with Crippen molar-refractivity contribution in [2.45, 2.75) is 6.92 Å². The van der Waals surface area contributed by atoms with Gasteiger partial charge in [0.25, 0.3) is 0 Å². The molecule has 2 nitrogen and oxygen atoms in total. The number of ether oxygens (including phenoxy) is 2. The second-order valence-electron chi connectivity index (χ2n) is 4.46. The third-order valence-electron chi connectivity index (χ3n) is 2.97. The Kier molecular flexibility index (Phi) is 5.39. The zero-order valence-corrected chi connectivity index (χ0v) is 13.2. The molecule has 0 spiro atoms. The standard InChI is InChI=1S/C17H17BrO2/c1-13-3-5-14(6-4-13)17-8-7-16(20-12-19-2)11-15(17)9-10-18/h3-11H,12H2,1-2H3. The van der Waals surface area contributed by atoms with E-state index in [1.807, 2.05) is 23.2 Å². The Morgan fingerprint density at radius 1 is 1.10 bits per heavy atom. The number of rotatable bonds is 5. The molecule has 0 saturated carbocycles. The van der Waals surface area contributed by atoms with Crippen LogP contribution in [0.15, 0.2) is 47.4 Å². The van der Waals surface area contributed by atoms with E-state index in [2.05, 4.69) is 53.2 Å². The highest BCUT2D eigenvalue weighted by Crippen LogP contribution is 2.29. The van der Waals surface area contributed by atoms with Crippen LogP contribution < -0.4 is 4.74 Å². The van der Waals surface area contributed by atoms with Gasteiger partial charge in [0.05, 0.1) is 0 Å². The molecule has 0 N–H and O–H groups in total. The molecule has 2 rings (SSSR count). The summed E-state index contributed by atoms with van der Waals surface area (Å²) in [6, 6.07) is 14.5. The molecule has 0 aliphatic heterocycles. The lowest BCUT2D eigenvalue weighted by Crippen LogP contribution is -1.99. The molecule has 0 saturated heterocycles. The van der Waals surface area contributed by atoms with Gasteiger partial charge in [0.2, 0.25) is 0 Å². The molecule has 0 heterocycles. The van der Waals surface area contributed by atoms with Gasteiger partial charge in [0.15, 0.2) is 6.79 Å². The molecule has 0 bridgehead atoms. The molecule has 0 atom stereocenters. The number of hydrogen-bond acceptors (Lipinski definition) is 2. The maximum atomic E-state index is 5.48. The summed E-state index contributed by atoms with van der Waals surface area (Å²) in [6.45, 7) is 2.34. The maximum absolute atomic E-state index is 5.48. The van der Waals surface area contributed by atoms with Gasteiger partial charge >= 0.3 is 0 Å². The van der Waals surface area contributed by atoms with E-state index in [1.165, 1.54) is 16.7 Å². The van der Waals surface area contributed by atoms with Crippen molar-refractivity contribution in [3.05, 3.63) is 58.6 Å². The summed E-state index contributed by atoms with van der Waals surface area (Å²) >= 11 is 3.34. The number of aryl methyl sites for hydroxylation is 1. The summed E-state index contributed by atoms with van der Waals surface area (Å²) in [7, 11) is 1.61. The summed E-state index contributed by atoms with van der Waals surface area (Å²) in [5, 5.41) is 0. The van der Waals surface area contributed by atoms with Crippen LogP contribution in [0.25, 0.3) is 17.2 Å². The van der Waals surface area contributed by atoms with E-state index in [1.54, 1.807) is 7.11 Å². The number of halogens is 1. The van der Waals surface area contributed by atoms with Crippen molar-refractivity contribution in [3.8, 4) is 16.9 Å². The smallest absolute Gasteiger partial charge is 0.188 e. The predicted molar refractivity (Wildman–Crippen MR) is 87.1 cm³/mol. The van der Waals surface area contributed by atoms with E-state index in [0.717, 1.165) is 11.3 Å². The Hall–Kier alpha value is -1.58. The van der Waals surface area contributed by atoms with E-state index in [0.29, 0.717) is 0 Å². The van der Waals surface area contributed by atoms with Crippen LogP contribution in [0.3, 0.4) is 0 Å². The molecular formula is C17H17BrO2. The van der Waals surface area contributed by atoms with E-state index in [9.17, 15) is 0 Å². The summed E-state index contributed by atoms with van der Waals surface area (Å²) in [6.07, 6.45) is 2.01. The van der Waals surface area contributed by atoms with Gasteiger partial charge in [0, 0.05) is 7.11 Å². The highest BCUT2D eigenvalue weighted by molar-refractivity contribution is 9.11. The van der Waals surface area contributed by atoms with Crippen molar-refractivity contribution >= 4 is 22.0 Å². The first kappa shape index (κ1) is 14.8. The van der Waals surface area contributed by atoms with Gasteiger partial charge in [-0.15, -0.1) is 0 Å². The first-order valence-electron chi connectivity index (χ1n) is 6.34. The molecule has 0 amide bonds. The van der Waals surface area contributed by atoms with Crippen molar-refractivity contribution in [1.82, 2.24) is 0 Å². The Morgan fingerprint density at radius 3 is 2.50 bits per heavy atom. The molecule has 0 fully saturated rings. The van der Waals surface area contributed by atoms with E-state index in [4.69, 9.17) is 9.47 Å². The molecule has 0 aromatic heterocycles. The number of hydrogen-bond donors (Lipinski definition) is 0. The second-order valence-corrected chi connectivity index (χ2v) is 4.99. The van der Waals surface area contributed by atoms with Crippen LogP contribution in [0.4, 0.5) is 0 Å². The molecular weight excluding hydrogens is 316 g/mol. The number of methoxy groups -OCH3 is 1. The molecule has 0 unspecified atom stereocenters. The Bertz CT molecular complexity index is 588. The molecule has 104 valence electrons. The van der Waals surface area contributed by atoms with Gasteiger partial charge in [-0.25, -0.2) is 0 Å². The summed E-state index contributed by atoms with van der Waals surface area (Å²) in [5.41, 5.74) is 4.71. The van der Waals surface area contributed by atoms with Crippen molar-refractivity contribution in [2.24, 2.45) is 0 Å². The zero-order chi connectivity index (χ0) is 14.4. The zero-order valence-electron chi connectivity index (χ0n) is 11.6. The van der Waals surface area contributed by atoms with Gasteiger partial charge in [-0.3, -0.25) is 0 Å². The van der Waals surface area contributed by atoms with Crippen LogP contribution in [-0.4, -0.2) is 13.9 Å². The lowest BCUT2D eigenvalue weighted by Gasteiger charge is -2.10. The van der Waals surface area contributed by atoms with Crippen LogP contribution >= 0.6 is 15.9 Å². The second kappa shape index (κ2) is 7.27. The minimum absolute atomic E-state index is 0.251. The highest BCUT2D eigenvalue weighted by Gasteiger charge is 2.05. The molecule has 2 aromatic rings. The van der Waals surface area contributed by atoms with Crippen LogP contribution in [0, 0.1) is 6.92 Å². The van der Waals surface area contributed by atoms with Gasteiger partial charge in [-0.05, 0) is 46.8 Å². The first-order valence-corrected chi connectivity index (χ1v) is 7.26. The van der Waals surface area contributed by atoms with Crippen LogP contribution in [0.5, 0.6) is 5.75 Å². The molecule has 3 heteroatoms. The molecule has 20 heavy (non-hydrogen) atoms. The number of benzene rings is 2. The lowest BCUT2D eigenvalue weighted by atomic mass is 9.98. The van der Waals surface area contributed by atoms with Crippen LogP contribution in [0.2, 0.25) is 0 Å². The molecule has 0 aliphatic carbocycles. The fourth-order valence-corrected chi connectivity index (χ4v) is 2.24. The Morgan fingerprint density at radius 2 is 1.85 bits per heavy atom. The fourth-order valence-electron chi connectivity index (χ4n) is 1.96. The minimum atomic E-state index is 0.251. The van der Waals surface area contributed by atoms with E-state index in [-0.39, 0.29) is 6.79 Å². The summed E-state index contributed by atoms with van der Waals surface area (Å²) in [4.78, 5) is 1.85. The topological polar surface area (TPSA) is 18.5 Å². The van der Waals surface area contributed by atoms with Gasteiger partial charge in [-0.1, -0.05) is 51.8 Å². The SMILES string of the molecule is COCOc1ccc(-c2ccc(C)cc2)c(C=CBr)c1. The lowest BCUT2D eigenvalue weighted by molar-refractivity contribution is 0.0511. The average molecular weight is 333 g/mol. The van der Waals surface area contributed by atoms with Crippen molar-refractivity contribution in [3.63, 3.8) is 0 Å². The van der Waals surface area contributed by atoms with Gasteiger partial charge < -0.3 is 9.47 Å². The highest BCUT2D eigenvalue weighted by atomic mass is 79.9. The molecule has 0 aliphatic rings. The molecule has 2 aromatic carbocycles. The monoisotopic (exact) mass is 332 g/mol. The normalized spacial score (nSPS) is 10.9. The van der Waals surface area contributed by atoms with E-state index >= 15 is 0 Å². The fraction of sp³-hybridized carbons (Fsp3) is 0.176. The summed E-state index contributed by atoms with van der Waals surface area (Å²) in [5.74, 6) is 0.795. The van der Waals surface area contributed by atoms with Crippen LogP contribution in [-0.2, 0) is 4.74 Å². The van der Waals surface area contributed by atoms with Crippen molar-refractivity contribution in [1.29, 1.82) is 0 Å². The first-order chi connectivity index (χ1) is 9.74. The Balaban J connectivity index is 2.39. The quantitative estimate of drug-likeness (QED) is 0.716. The molecule has 0 radical (unpaired) electrons. The van der Waals surface area contributed by atoms with Gasteiger partial charge in [-0.2, -0.15) is 0 Å². The maximum Gasteiger partial charge on any atom is 0.188 e. The van der Waals surface area contributed by atoms with Crippen molar-refractivity contribution < 1.29 is 9.47 Å². The van der Waals surface area contributed by atoms with Crippen molar-refractivity contribution in [2.75, 3.05) is 13.9 Å². The minimum Gasteiger partial charge on any atom is -0.468 e. The third-order valence-corrected chi connectivity index (χ3v) is 3.24. The Labute approximate surface area is 128 Å². The third kappa shape index (κ3) is 3.71. The van der Waals surface area contributed by atoms with Gasteiger partial charge in [0.1, 0.15) is 5.75 Å².